The monoisotopic (exact) mass is 282 g/mol. The SMILES string of the molecule is CCOC(C)(C)CN1CC(C2CCCCC2)NCC1C. The van der Waals surface area contributed by atoms with Crippen LogP contribution < -0.4 is 5.32 Å². The molecule has 2 unspecified atom stereocenters. The van der Waals surface area contributed by atoms with Crippen LogP contribution in [0.1, 0.15) is 59.8 Å². The Kier molecular flexibility index (Phi) is 5.88. The summed E-state index contributed by atoms with van der Waals surface area (Å²) in [5.74, 6) is 0.897. The molecule has 2 fully saturated rings. The molecule has 0 bridgehead atoms. The molecule has 3 heteroatoms. The summed E-state index contributed by atoms with van der Waals surface area (Å²) in [5, 5.41) is 3.80. The number of hydrogen-bond acceptors (Lipinski definition) is 3. The lowest BCUT2D eigenvalue weighted by Gasteiger charge is -2.45. The molecule has 1 saturated heterocycles. The van der Waals surface area contributed by atoms with Crippen LogP contribution in [0.5, 0.6) is 0 Å². The normalized spacial score (nSPS) is 30.6. The summed E-state index contributed by atoms with van der Waals surface area (Å²) in [7, 11) is 0. The molecule has 1 aliphatic carbocycles. The van der Waals surface area contributed by atoms with E-state index in [0.29, 0.717) is 12.1 Å². The molecule has 1 saturated carbocycles. The second-order valence-electron chi connectivity index (χ2n) is 7.38. The molecular formula is C17H34N2O. The van der Waals surface area contributed by atoms with Gasteiger partial charge in [0.25, 0.3) is 0 Å². The number of nitrogens with zero attached hydrogens (tertiary/aromatic N) is 1. The van der Waals surface area contributed by atoms with Gasteiger partial charge in [-0.3, -0.25) is 4.90 Å². The summed E-state index contributed by atoms with van der Waals surface area (Å²) < 4.78 is 5.90. The summed E-state index contributed by atoms with van der Waals surface area (Å²) in [4.78, 5) is 2.64. The smallest absolute Gasteiger partial charge is 0.0752 e. The maximum atomic E-state index is 5.90. The van der Waals surface area contributed by atoms with E-state index in [2.05, 4.69) is 37.9 Å². The lowest BCUT2D eigenvalue weighted by atomic mass is 9.82. The zero-order valence-corrected chi connectivity index (χ0v) is 14.0. The van der Waals surface area contributed by atoms with Gasteiger partial charge in [-0.1, -0.05) is 19.3 Å². The van der Waals surface area contributed by atoms with Crippen molar-refractivity contribution in [3.05, 3.63) is 0 Å². The molecule has 0 aromatic carbocycles. The molecule has 3 nitrogen and oxygen atoms in total. The Bertz CT molecular complexity index is 287. The van der Waals surface area contributed by atoms with E-state index in [1.807, 2.05) is 0 Å². The molecule has 2 atom stereocenters. The van der Waals surface area contributed by atoms with E-state index < -0.39 is 0 Å². The Labute approximate surface area is 125 Å². The van der Waals surface area contributed by atoms with Gasteiger partial charge in [-0.05, 0) is 46.5 Å². The molecule has 1 N–H and O–H groups in total. The summed E-state index contributed by atoms with van der Waals surface area (Å²) in [5.41, 5.74) is -0.0303. The van der Waals surface area contributed by atoms with Crippen LogP contribution in [0.25, 0.3) is 0 Å². The molecular weight excluding hydrogens is 248 g/mol. The summed E-state index contributed by atoms with van der Waals surface area (Å²) >= 11 is 0. The predicted molar refractivity (Wildman–Crippen MR) is 85.1 cm³/mol. The van der Waals surface area contributed by atoms with Gasteiger partial charge in [0.1, 0.15) is 0 Å². The van der Waals surface area contributed by atoms with Gasteiger partial charge in [-0.25, -0.2) is 0 Å². The van der Waals surface area contributed by atoms with Crippen molar-refractivity contribution in [2.45, 2.75) is 77.5 Å². The van der Waals surface area contributed by atoms with E-state index in [1.54, 1.807) is 0 Å². The van der Waals surface area contributed by atoms with Crippen molar-refractivity contribution in [2.75, 3.05) is 26.2 Å². The summed E-state index contributed by atoms with van der Waals surface area (Å²) in [6, 6.07) is 1.32. The van der Waals surface area contributed by atoms with Crippen LogP contribution in [0.3, 0.4) is 0 Å². The first-order valence-corrected chi connectivity index (χ1v) is 8.63. The Balaban J connectivity index is 1.90. The van der Waals surface area contributed by atoms with E-state index in [4.69, 9.17) is 4.74 Å². The number of ether oxygens (including phenoxy) is 1. The van der Waals surface area contributed by atoms with E-state index >= 15 is 0 Å². The first-order chi connectivity index (χ1) is 9.52. The van der Waals surface area contributed by atoms with Crippen molar-refractivity contribution in [3.8, 4) is 0 Å². The fourth-order valence-electron chi connectivity index (χ4n) is 3.95. The van der Waals surface area contributed by atoms with Crippen LogP contribution in [0.15, 0.2) is 0 Å². The van der Waals surface area contributed by atoms with Gasteiger partial charge >= 0.3 is 0 Å². The van der Waals surface area contributed by atoms with Crippen LogP contribution in [-0.2, 0) is 4.74 Å². The van der Waals surface area contributed by atoms with Crippen molar-refractivity contribution in [2.24, 2.45) is 5.92 Å². The van der Waals surface area contributed by atoms with Gasteiger partial charge < -0.3 is 10.1 Å². The van der Waals surface area contributed by atoms with E-state index in [-0.39, 0.29) is 5.60 Å². The lowest BCUT2D eigenvalue weighted by Crippen LogP contribution is -2.60. The molecule has 1 aliphatic heterocycles. The van der Waals surface area contributed by atoms with Crippen molar-refractivity contribution >= 4 is 0 Å². The van der Waals surface area contributed by atoms with Crippen molar-refractivity contribution < 1.29 is 4.74 Å². The quantitative estimate of drug-likeness (QED) is 0.839. The molecule has 0 aromatic heterocycles. The molecule has 0 radical (unpaired) electrons. The zero-order chi connectivity index (χ0) is 14.6. The third-order valence-corrected chi connectivity index (χ3v) is 5.07. The van der Waals surface area contributed by atoms with Crippen molar-refractivity contribution in [1.29, 1.82) is 0 Å². The van der Waals surface area contributed by atoms with Gasteiger partial charge in [0.2, 0.25) is 0 Å². The maximum Gasteiger partial charge on any atom is 0.0752 e. The highest BCUT2D eigenvalue weighted by Gasteiger charge is 2.33. The fourth-order valence-corrected chi connectivity index (χ4v) is 3.95. The highest BCUT2D eigenvalue weighted by atomic mass is 16.5. The minimum absolute atomic E-state index is 0.0303. The van der Waals surface area contributed by atoms with Gasteiger partial charge in [-0.15, -0.1) is 0 Å². The van der Waals surface area contributed by atoms with Crippen molar-refractivity contribution in [1.82, 2.24) is 10.2 Å². The molecule has 0 amide bonds. The molecule has 118 valence electrons. The Morgan fingerprint density at radius 1 is 1.20 bits per heavy atom. The fraction of sp³-hybridized carbons (Fsp3) is 1.00. The average molecular weight is 282 g/mol. The predicted octanol–water partition coefficient (Wildman–Crippen LogP) is 3.04. The number of piperazine rings is 1. The first kappa shape index (κ1) is 16.3. The van der Waals surface area contributed by atoms with Gasteiger partial charge in [0.05, 0.1) is 5.60 Å². The Morgan fingerprint density at radius 3 is 2.55 bits per heavy atom. The molecule has 0 aromatic rings. The molecule has 20 heavy (non-hydrogen) atoms. The minimum Gasteiger partial charge on any atom is -0.375 e. The summed E-state index contributed by atoms with van der Waals surface area (Å²) in [6.45, 7) is 13.1. The number of hydrogen-bond donors (Lipinski definition) is 1. The number of nitrogens with one attached hydrogen (secondary N) is 1. The molecule has 0 spiro atoms. The van der Waals surface area contributed by atoms with Crippen molar-refractivity contribution in [3.63, 3.8) is 0 Å². The zero-order valence-electron chi connectivity index (χ0n) is 14.0. The van der Waals surface area contributed by atoms with Crippen LogP contribution in [0, 0.1) is 5.92 Å². The number of rotatable bonds is 5. The third-order valence-electron chi connectivity index (χ3n) is 5.07. The van der Waals surface area contributed by atoms with E-state index in [0.717, 1.165) is 25.6 Å². The second-order valence-corrected chi connectivity index (χ2v) is 7.38. The Hall–Kier alpha value is -0.120. The lowest BCUT2D eigenvalue weighted by molar-refractivity contribution is -0.0498. The van der Waals surface area contributed by atoms with Crippen LogP contribution in [0.2, 0.25) is 0 Å². The van der Waals surface area contributed by atoms with Crippen LogP contribution in [0.4, 0.5) is 0 Å². The van der Waals surface area contributed by atoms with Crippen LogP contribution >= 0.6 is 0 Å². The average Bonchev–Trinajstić information content (AvgIpc) is 2.42. The topological polar surface area (TPSA) is 24.5 Å². The molecule has 1 heterocycles. The largest absolute Gasteiger partial charge is 0.375 e. The van der Waals surface area contributed by atoms with Gasteiger partial charge in [0, 0.05) is 38.3 Å². The van der Waals surface area contributed by atoms with E-state index in [1.165, 1.54) is 38.6 Å². The third kappa shape index (κ3) is 4.44. The van der Waals surface area contributed by atoms with Gasteiger partial charge in [-0.2, -0.15) is 0 Å². The highest BCUT2D eigenvalue weighted by molar-refractivity contribution is 4.91. The summed E-state index contributed by atoms with van der Waals surface area (Å²) in [6.07, 6.45) is 7.16. The Morgan fingerprint density at radius 2 is 1.90 bits per heavy atom. The maximum absolute atomic E-state index is 5.90. The molecule has 2 aliphatic rings. The second kappa shape index (κ2) is 7.24. The minimum atomic E-state index is -0.0303. The first-order valence-electron chi connectivity index (χ1n) is 8.63. The van der Waals surface area contributed by atoms with Crippen LogP contribution in [-0.4, -0.2) is 48.8 Å². The molecule has 2 rings (SSSR count). The van der Waals surface area contributed by atoms with E-state index in [9.17, 15) is 0 Å². The highest BCUT2D eigenvalue weighted by Crippen LogP contribution is 2.29. The standard InChI is InChI=1S/C17H34N2O/c1-5-20-17(3,4)13-19-12-16(18-11-14(19)2)15-9-7-6-8-10-15/h14-16,18H,5-13H2,1-4H3. The van der Waals surface area contributed by atoms with Gasteiger partial charge in [0.15, 0.2) is 0 Å².